The van der Waals surface area contributed by atoms with E-state index in [4.69, 9.17) is 25.8 Å². The fourth-order valence-electron chi connectivity index (χ4n) is 2.25. The standard InChI is InChI=1S/C10H13NO4S.C10H15NO2/c1-7(12)5-8-3-4-9(13-2)10(6-8)16-15-14-11;1-2-12-9-5-3-4-6-10(9)13-8-7-11/h3-4,6H,5,11H2,1-2H3;3-6H,2,7-8,11H2,1H3. The van der Waals surface area contributed by atoms with Gasteiger partial charge in [0.2, 0.25) is 0 Å². The first-order valence-corrected chi connectivity index (χ1v) is 9.70. The first-order chi connectivity index (χ1) is 14.0. The molecule has 0 bridgehead atoms. The molecule has 0 radical (unpaired) electrons. The van der Waals surface area contributed by atoms with Crippen molar-refractivity contribution in [3.63, 3.8) is 0 Å². The van der Waals surface area contributed by atoms with Crippen LogP contribution >= 0.6 is 12.0 Å². The van der Waals surface area contributed by atoms with E-state index in [9.17, 15) is 4.79 Å². The maximum absolute atomic E-state index is 11.0. The van der Waals surface area contributed by atoms with Crippen LogP contribution in [0, 0.1) is 0 Å². The quantitative estimate of drug-likeness (QED) is 0.319. The van der Waals surface area contributed by atoms with Crippen LogP contribution in [0.15, 0.2) is 47.4 Å². The van der Waals surface area contributed by atoms with E-state index >= 15 is 0 Å². The number of carbonyl (C=O) groups excluding carboxylic acids is 1. The maximum atomic E-state index is 11.0. The molecular formula is C20H28N2O6S. The summed E-state index contributed by atoms with van der Waals surface area (Å²) in [5, 5.41) is 0. The number of hydrogen-bond acceptors (Lipinski definition) is 9. The van der Waals surface area contributed by atoms with Crippen molar-refractivity contribution in [2.75, 3.05) is 26.9 Å². The molecule has 4 N–H and O–H groups in total. The predicted octanol–water partition coefficient (Wildman–Crippen LogP) is 3.08. The highest BCUT2D eigenvalue weighted by molar-refractivity contribution is 7.94. The summed E-state index contributed by atoms with van der Waals surface area (Å²) >= 11 is 0.929. The second-order valence-corrected chi connectivity index (χ2v) is 6.37. The molecule has 2 aromatic rings. The highest BCUT2D eigenvalue weighted by Crippen LogP contribution is 2.31. The number of benzene rings is 2. The third-order valence-electron chi connectivity index (χ3n) is 3.37. The molecule has 0 aliphatic rings. The molecule has 0 heterocycles. The van der Waals surface area contributed by atoms with Crippen LogP contribution in [-0.2, 0) is 20.5 Å². The molecular weight excluding hydrogens is 396 g/mol. The van der Waals surface area contributed by atoms with E-state index in [1.165, 1.54) is 6.92 Å². The number of rotatable bonds is 11. The second-order valence-electron chi connectivity index (χ2n) is 5.63. The van der Waals surface area contributed by atoms with Crippen LogP contribution in [-0.4, -0.2) is 32.7 Å². The molecule has 0 saturated carbocycles. The lowest BCUT2D eigenvalue weighted by molar-refractivity contribution is -0.195. The summed E-state index contributed by atoms with van der Waals surface area (Å²) in [5.74, 6) is 7.01. The summed E-state index contributed by atoms with van der Waals surface area (Å²) < 4.78 is 20.4. The molecule has 0 saturated heterocycles. The number of ether oxygens (including phenoxy) is 3. The zero-order chi connectivity index (χ0) is 21.5. The minimum Gasteiger partial charge on any atom is -0.495 e. The SMILES string of the molecule is CCOc1ccccc1OCCN.COc1ccc(CC(C)=O)cc1SOON. The Labute approximate surface area is 175 Å². The molecule has 0 spiro atoms. The van der Waals surface area contributed by atoms with E-state index in [-0.39, 0.29) is 5.78 Å². The fourth-order valence-corrected chi connectivity index (χ4v) is 2.80. The van der Waals surface area contributed by atoms with E-state index < -0.39 is 0 Å². The van der Waals surface area contributed by atoms with E-state index in [1.807, 2.05) is 37.3 Å². The van der Waals surface area contributed by atoms with Crippen molar-refractivity contribution in [1.82, 2.24) is 0 Å². The topological polar surface area (TPSA) is 115 Å². The van der Waals surface area contributed by atoms with Gasteiger partial charge in [-0.1, -0.05) is 18.2 Å². The van der Waals surface area contributed by atoms with Crippen molar-refractivity contribution in [2.45, 2.75) is 25.2 Å². The zero-order valence-electron chi connectivity index (χ0n) is 16.9. The third kappa shape index (κ3) is 9.64. The zero-order valence-corrected chi connectivity index (χ0v) is 17.7. The molecule has 2 aromatic carbocycles. The van der Waals surface area contributed by atoms with Gasteiger partial charge in [-0.25, -0.2) is 0 Å². The summed E-state index contributed by atoms with van der Waals surface area (Å²) in [6.45, 7) is 5.16. The molecule has 0 aromatic heterocycles. The number of ketones is 1. The van der Waals surface area contributed by atoms with Crippen LogP contribution < -0.4 is 25.8 Å². The summed E-state index contributed by atoms with van der Waals surface area (Å²) in [6.07, 6.45) is 0.376. The molecule has 0 aliphatic heterocycles. The fraction of sp³-hybridized carbons (Fsp3) is 0.350. The Morgan fingerprint density at radius 2 is 1.76 bits per heavy atom. The van der Waals surface area contributed by atoms with Gasteiger partial charge in [0, 0.05) is 13.0 Å². The van der Waals surface area contributed by atoms with Crippen LogP contribution in [0.2, 0.25) is 0 Å². The first kappa shape index (κ1) is 24.7. The highest BCUT2D eigenvalue weighted by atomic mass is 32.2. The van der Waals surface area contributed by atoms with Crippen molar-refractivity contribution < 1.29 is 28.3 Å². The molecule has 8 nitrogen and oxygen atoms in total. The molecule has 29 heavy (non-hydrogen) atoms. The van der Waals surface area contributed by atoms with Gasteiger partial charge in [-0.15, -0.1) is 9.32 Å². The number of nitrogens with two attached hydrogens (primary N) is 2. The number of methoxy groups -OCH3 is 1. The highest BCUT2D eigenvalue weighted by Gasteiger charge is 2.08. The number of para-hydroxylation sites is 2. The summed E-state index contributed by atoms with van der Waals surface area (Å²) in [6, 6.07) is 13.0. The van der Waals surface area contributed by atoms with E-state index in [1.54, 1.807) is 19.2 Å². The Morgan fingerprint density at radius 3 is 2.31 bits per heavy atom. The van der Waals surface area contributed by atoms with Crippen molar-refractivity contribution in [1.29, 1.82) is 0 Å². The van der Waals surface area contributed by atoms with Gasteiger partial charge in [-0.05, 0) is 43.7 Å². The molecule has 9 heteroatoms. The summed E-state index contributed by atoms with van der Waals surface area (Å²) in [4.78, 5) is 15.7. The molecule has 0 unspecified atom stereocenters. The average molecular weight is 425 g/mol. The maximum Gasteiger partial charge on any atom is 0.161 e. The summed E-state index contributed by atoms with van der Waals surface area (Å²) in [5.41, 5.74) is 6.22. The van der Waals surface area contributed by atoms with Crippen molar-refractivity contribution in [3.8, 4) is 17.2 Å². The van der Waals surface area contributed by atoms with Gasteiger partial charge in [0.1, 0.15) is 18.1 Å². The van der Waals surface area contributed by atoms with Crippen LogP contribution in [0.25, 0.3) is 0 Å². The first-order valence-electron chi connectivity index (χ1n) is 8.96. The average Bonchev–Trinajstić information content (AvgIpc) is 2.72. The monoisotopic (exact) mass is 424 g/mol. The lowest BCUT2D eigenvalue weighted by Crippen LogP contribution is -2.11. The Bertz CT molecular complexity index is 745. The van der Waals surface area contributed by atoms with Gasteiger partial charge in [0.25, 0.3) is 0 Å². The number of carbonyl (C=O) groups is 1. The van der Waals surface area contributed by atoms with Crippen molar-refractivity contribution >= 4 is 17.8 Å². The Morgan fingerprint density at radius 1 is 1.07 bits per heavy atom. The normalized spacial score (nSPS) is 9.97. The predicted molar refractivity (Wildman–Crippen MR) is 112 cm³/mol. The van der Waals surface area contributed by atoms with Gasteiger partial charge in [-0.3, -0.25) is 4.79 Å². The molecule has 0 amide bonds. The number of Topliss-reactive ketones (excluding diaryl/α,β-unsaturated/α-hetero) is 1. The lowest BCUT2D eigenvalue weighted by Gasteiger charge is -2.10. The van der Waals surface area contributed by atoms with Crippen LogP contribution in [0.5, 0.6) is 17.2 Å². The number of hydrogen-bond donors (Lipinski definition) is 2. The smallest absolute Gasteiger partial charge is 0.161 e. The Kier molecular flexibility index (Phi) is 12.5. The second kappa shape index (κ2) is 14.7. The molecule has 160 valence electrons. The van der Waals surface area contributed by atoms with E-state index in [0.29, 0.717) is 36.8 Å². The molecule has 0 fully saturated rings. The van der Waals surface area contributed by atoms with E-state index in [0.717, 1.165) is 29.1 Å². The van der Waals surface area contributed by atoms with Crippen molar-refractivity contribution in [2.24, 2.45) is 11.6 Å². The van der Waals surface area contributed by atoms with Gasteiger partial charge in [0.05, 0.1) is 30.7 Å². The van der Waals surface area contributed by atoms with Crippen molar-refractivity contribution in [3.05, 3.63) is 48.0 Å². The van der Waals surface area contributed by atoms with E-state index in [2.05, 4.69) is 9.32 Å². The molecule has 2 rings (SSSR count). The Hall–Kier alpha value is -2.30. The minimum atomic E-state index is 0.0945. The van der Waals surface area contributed by atoms with Gasteiger partial charge >= 0.3 is 0 Å². The third-order valence-corrected chi connectivity index (χ3v) is 4.01. The lowest BCUT2D eigenvalue weighted by atomic mass is 10.1. The van der Waals surface area contributed by atoms with Crippen LogP contribution in [0.3, 0.4) is 0 Å². The molecule has 0 atom stereocenters. The van der Waals surface area contributed by atoms with Gasteiger partial charge in [0.15, 0.2) is 11.5 Å². The van der Waals surface area contributed by atoms with Gasteiger partial charge in [-0.2, -0.15) is 5.90 Å². The molecule has 0 aliphatic carbocycles. The minimum absolute atomic E-state index is 0.0945. The van der Waals surface area contributed by atoms with Gasteiger partial charge < -0.3 is 19.9 Å². The summed E-state index contributed by atoms with van der Waals surface area (Å²) in [7, 11) is 1.55. The largest absolute Gasteiger partial charge is 0.495 e. The van der Waals surface area contributed by atoms with Crippen LogP contribution in [0.4, 0.5) is 0 Å². The van der Waals surface area contributed by atoms with Crippen LogP contribution in [0.1, 0.15) is 19.4 Å². The Balaban J connectivity index is 0.000000296.